The minimum atomic E-state index is -0.353. The van der Waals surface area contributed by atoms with Crippen molar-refractivity contribution in [3.63, 3.8) is 0 Å². The molecular weight excluding hydrogens is 276 g/mol. The highest BCUT2D eigenvalue weighted by Crippen LogP contribution is 2.09. The van der Waals surface area contributed by atoms with Crippen molar-refractivity contribution < 1.29 is 9.53 Å². The van der Waals surface area contributed by atoms with Crippen LogP contribution in [-0.2, 0) is 13.6 Å². The standard InChI is InChI=1S/C11H16N8O2/c1-18(2)10-13-8(14-11(15-10)21-4)5-12-9(20)7-6-19(3)17-16-7/h6H,5H2,1-4H3,(H,12,20). The van der Waals surface area contributed by atoms with Crippen LogP contribution in [0.2, 0.25) is 0 Å². The summed E-state index contributed by atoms with van der Waals surface area (Å²) in [5.74, 6) is 0.488. The van der Waals surface area contributed by atoms with Gasteiger partial charge >= 0.3 is 6.01 Å². The number of aromatic nitrogens is 6. The normalized spacial score (nSPS) is 10.3. The fraction of sp³-hybridized carbons (Fsp3) is 0.455. The van der Waals surface area contributed by atoms with Gasteiger partial charge in [-0.3, -0.25) is 9.48 Å². The van der Waals surface area contributed by atoms with Crippen LogP contribution in [-0.4, -0.2) is 57.1 Å². The molecule has 0 bridgehead atoms. The van der Waals surface area contributed by atoms with Crippen LogP contribution in [0.5, 0.6) is 6.01 Å². The summed E-state index contributed by atoms with van der Waals surface area (Å²) in [5.41, 5.74) is 0.228. The number of carbonyl (C=O) groups is 1. The third-order valence-electron chi connectivity index (χ3n) is 2.47. The van der Waals surface area contributed by atoms with E-state index in [0.717, 1.165) is 0 Å². The van der Waals surface area contributed by atoms with Crippen molar-refractivity contribution in [3.8, 4) is 6.01 Å². The van der Waals surface area contributed by atoms with E-state index < -0.39 is 0 Å². The molecule has 10 nitrogen and oxygen atoms in total. The van der Waals surface area contributed by atoms with Crippen LogP contribution in [0.25, 0.3) is 0 Å². The maximum absolute atomic E-state index is 11.9. The Balaban J connectivity index is 2.08. The highest BCUT2D eigenvalue weighted by molar-refractivity contribution is 5.91. The van der Waals surface area contributed by atoms with E-state index in [2.05, 4.69) is 30.6 Å². The number of hydrogen-bond acceptors (Lipinski definition) is 8. The molecule has 10 heteroatoms. The van der Waals surface area contributed by atoms with Crippen molar-refractivity contribution in [2.75, 3.05) is 26.1 Å². The summed E-state index contributed by atoms with van der Waals surface area (Å²) >= 11 is 0. The summed E-state index contributed by atoms with van der Waals surface area (Å²) in [6.07, 6.45) is 1.52. The van der Waals surface area contributed by atoms with Crippen molar-refractivity contribution in [2.45, 2.75) is 6.54 Å². The first-order chi connectivity index (χ1) is 9.99. The summed E-state index contributed by atoms with van der Waals surface area (Å²) < 4.78 is 6.46. The van der Waals surface area contributed by atoms with Crippen molar-refractivity contribution >= 4 is 11.9 Å². The van der Waals surface area contributed by atoms with Gasteiger partial charge in [0.2, 0.25) is 5.95 Å². The zero-order valence-corrected chi connectivity index (χ0v) is 12.2. The van der Waals surface area contributed by atoms with E-state index in [1.807, 2.05) is 0 Å². The lowest BCUT2D eigenvalue weighted by molar-refractivity contribution is 0.0944. The molecule has 0 aliphatic carbocycles. The number of hydrogen-bond donors (Lipinski definition) is 1. The molecule has 1 N–H and O–H groups in total. The highest BCUT2D eigenvalue weighted by Gasteiger charge is 2.12. The van der Waals surface area contributed by atoms with Crippen molar-refractivity contribution in [1.82, 2.24) is 35.3 Å². The lowest BCUT2D eigenvalue weighted by Gasteiger charge is -2.12. The summed E-state index contributed by atoms with van der Waals surface area (Å²) in [5, 5.41) is 10.1. The second-order valence-corrected chi connectivity index (χ2v) is 4.39. The van der Waals surface area contributed by atoms with Gasteiger partial charge in [0.1, 0.15) is 0 Å². The second kappa shape index (κ2) is 6.11. The van der Waals surface area contributed by atoms with Gasteiger partial charge in [-0.1, -0.05) is 5.21 Å². The molecule has 0 fully saturated rings. The minimum absolute atomic E-state index is 0.134. The van der Waals surface area contributed by atoms with Gasteiger partial charge in [-0.05, 0) is 0 Å². The van der Waals surface area contributed by atoms with Gasteiger partial charge < -0.3 is 15.0 Å². The summed E-state index contributed by atoms with van der Waals surface area (Å²) in [6, 6.07) is 0.192. The van der Waals surface area contributed by atoms with Crippen LogP contribution in [0.15, 0.2) is 6.20 Å². The maximum Gasteiger partial charge on any atom is 0.321 e. The number of rotatable bonds is 5. The summed E-state index contributed by atoms with van der Waals surface area (Å²) in [6.45, 7) is 0.134. The average Bonchev–Trinajstić information content (AvgIpc) is 2.91. The molecule has 0 saturated heterocycles. The Morgan fingerprint density at radius 2 is 2.14 bits per heavy atom. The molecule has 0 unspecified atom stereocenters. The van der Waals surface area contributed by atoms with Crippen molar-refractivity contribution in [1.29, 1.82) is 0 Å². The molecular formula is C11H16N8O2. The van der Waals surface area contributed by atoms with E-state index in [4.69, 9.17) is 4.74 Å². The molecule has 0 saturated carbocycles. The zero-order valence-electron chi connectivity index (χ0n) is 12.2. The average molecular weight is 292 g/mol. The van der Waals surface area contributed by atoms with Gasteiger partial charge in [-0.15, -0.1) is 5.10 Å². The van der Waals surface area contributed by atoms with E-state index >= 15 is 0 Å². The molecule has 2 aromatic rings. The molecule has 2 aromatic heterocycles. The Bertz CT molecular complexity index is 639. The largest absolute Gasteiger partial charge is 0.467 e. The molecule has 1 amide bonds. The first-order valence-electron chi connectivity index (χ1n) is 6.10. The molecule has 0 aromatic carbocycles. The number of anilines is 1. The maximum atomic E-state index is 11.9. The predicted octanol–water partition coefficient (Wildman–Crippen LogP) is -0.995. The number of nitrogens with zero attached hydrogens (tertiary/aromatic N) is 7. The van der Waals surface area contributed by atoms with Gasteiger partial charge in [0.05, 0.1) is 19.9 Å². The zero-order chi connectivity index (χ0) is 15.4. The van der Waals surface area contributed by atoms with Gasteiger partial charge in [-0.25, -0.2) is 0 Å². The third-order valence-corrected chi connectivity index (χ3v) is 2.47. The molecule has 21 heavy (non-hydrogen) atoms. The molecule has 0 spiro atoms. The summed E-state index contributed by atoms with van der Waals surface area (Å²) in [4.78, 5) is 26.0. The lowest BCUT2D eigenvalue weighted by atomic mass is 10.4. The number of ether oxygens (including phenoxy) is 1. The fourth-order valence-electron chi connectivity index (χ4n) is 1.46. The molecule has 0 aliphatic heterocycles. The minimum Gasteiger partial charge on any atom is -0.467 e. The first kappa shape index (κ1) is 14.6. The molecule has 112 valence electrons. The number of aryl methyl sites for hydroxylation is 1. The van der Waals surface area contributed by atoms with Crippen LogP contribution in [0.3, 0.4) is 0 Å². The smallest absolute Gasteiger partial charge is 0.321 e. The van der Waals surface area contributed by atoms with Crippen LogP contribution in [0.1, 0.15) is 16.3 Å². The lowest BCUT2D eigenvalue weighted by Crippen LogP contribution is -2.25. The van der Waals surface area contributed by atoms with Gasteiger partial charge in [0.25, 0.3) is 5.91 Å². The first-order valence-corrected chi connectivity index (χ1v) is 6.10. The predicted molar refractivity (Wildman–Crippen MR) is 72.9 cm³/mol. The third kappa shape index (κ3) is 3.61. The second-order valence-electron chi connectivity index (χ2n) is 4.39. The topological polar surface area (TPSA) is 111 Å². The van der Waals surface area contributed by atoms with E-state index in [-0.39, 0.29) is 24.2 Å². The van der Waals surface area contributed by atoms with Gasteiger partial charge in [0.15, 0.2) is 11.5 Å². The molecule has 0 aliphatic rings. The quantitative estimate of drug-likeness (QED) is 0.747. The molecule has 2 rings (SSSR count). The Kier molecular flexibility index (Phi) is 4.26. The van der Waals surface area contributed by atoms with E-state index in [9.17, 15) is 4.79 Å². The Labute approximate surface area is 121 Å². The van der Waals surface area contributed by atoms with Crippen molar-refractivity contribution in [3.05, 3.63) is 17.7 Å². The van der Waals surface area contributed by atoms with Crippen LogP contribution >= 0.6 is 0 Å². The Hall–Kier alpha value is -2.78. The monoisotopic (exact) mass is 292 g/mol. The van der Waals surface area contributed by atoms with Gasteiger partial charge in [-0.2, -0.15) is 15.0 Å². The number of amides is 1. The van der Waals surface area contributed by atoms with E-state index in [1.54, 1.807) is 26.0 Å². The summed E-state index contributed by atoms with van der Waals surface area (Å²) in [7, 11) is 6.76. The molecule has 2 heterocycles. The van der Waals surface area contributed by atoms with E-state index in [0.29, 0.717) is 11.8 Å². The molecule has 0 atom stereocenters. The molecule has 0 radical (unpaired) electrons. The highest BCUT2D eigenvalue weighted by atomic mass is 16.5. The van der Waals surface area contributed by atoms with Crippen LogP contribution < -0.4 is 15.0 Å². The number of methoxy groups -OCH3 is 1. The van der Waals surface area contributed by atoms with Crippen molar-refractivity contribution in [2.24, 2.45) is 7.05 Å². The number of nitrogens with one attached hydrogen (secondary N) is 1. The fourth-order valence-corrected chi connectivity index (χ4v) is 1.46. The van der Waals surface area contributed by atoms with Gasteiger partial charge in [0, 0.05) is 21.1 Å². The van der Waals surface area contributed by atoms with Crippen LogP contribution in [0, 0.1) is 0 Å². The number of carbonyl (C=O) groups excluding carboxylic acids is 1. The van der Waals surface area contributed by atoms with Crippen LogP contribution in [0.4, 0.5) is 5.95 Å². The SMILES string of the molecule is COc1nc(CNC(=O)c2cn(C)nn2)nc(N(C)C)n1. The van der Waals surface area contributed by atoms with E-state index in [1.165, 1.54) is 18.0 Å². The Morgan fingerprint density at radius 3 is 2.71 bits per heavy atom. The Morgan fingerprint density at radius 1 is 1.38 bits per heavy atom.